The van der Waals surface area contributed by atoms with Crippen molar-refractivity contribution < 1.29 is 0 Å². The van der Waals surface area contributed by atoms with Gasteiger partial charge in [-0.2, -0.15) is 0 Å². The second-order valence-electron chi connectivity index (χ2n) is 5.36. The van der Waals surface area contributed by atoms with Crippen molar-refractivity contribution in [2.24, 2.45) is 5.92 Å². The summed E-state index contributed by atoms with van der Waals surface area (Å²) < 4.78 is 0. The van der Waals surface area contributed by atoms with Gasteiger partial charge in [-0.3, -0.25) is 0 Å². The lowest BCUT2D eigenvalue weighted by Crippen LogP contribution is -2.08. The largest absolute Gasteiger partial charge is 0.0654 e. The van der Waals surface area contributed by atoms with Crippen LogP contribution in [0.25, 0.3) is 0 Å². The van der Waals surface area contributed by atoms with Crippen LogP contribution in [-0.4, -0.2) is 0 Å². The molecule has 0 bridgehead atoms. The van der Waals surface area contributed by atoms with Gasteiger partial charge in [-0.15, -0.1) is 0 Å². The second kappa shape index (κ2) is 7.53. The highest BCUT2D eigenvalue weighted by atomic mass is 14.2. The topological polar surface area (TPSA) is 0 Å². The molecule has 0 aromatic heterocycles. The minimum atomic E-state index is 0.697. The van der Waals surface area contributed by atoms with E-state index in [1.54, 1.807) is 11.1 Å². The molecule has 2 unspecified atom stereocenters. The van der Waals surface area contributed by atoms with E-state index >= 15 is 0 Å². The number of hydrogen-bond acceptors (Lipinski definition) is 0. The third kappa shape index (κ3) is 4.18. The van der Waals surface area contributed by atoms with E-state index in [1.165, 1.54) is 32.1 Å². The van der Waals surface area contributed by atoms with Crippen molar-refractivity contribution in [1.82, 2.24) is 0 Å². The van der Waals surface area contributed by atoms with E-state index < -0.39 is 0 Å². The van der Waals surface area contributed by atoms with Crippen molar-refractivity contribution in [3.8, 4) is 0 Å². The molecule has 17 heavy (non-hydrogen) atoms. The zero-order valence-electron chi connectivity index (χ0n) is 12.0. The molecule has 0 radical (unpaired) electrons. The van der Waals surface area contributed by atoms with Crippen molar-refractivity contribution in [2.45, 2.75) is 65.7 Å². The van der Waals surface area contributed by atoms with Crippen LogP contribution in [0, 0.1) is 5.92 Å². The van der Waals surface area contributed by atoms with Crippen molar-refractivity contribution in [1.29, 1.82) is 0 Å². The molecule has 0 aliphatic heterocycles. The first-order valence-corrected chi connectivity index (χ1v) is 7.28. The van der Waals surface area contributed by atoms with Crippen LogP contribution < -0.4 is 0 Å². The van der Waals surface area contributed by atoms with Crippen LogP contribution in [0.1, 0.15) is 70.4 Å². The van der Waals surface area contributed by atoms with Gasteiger partial charge in [-0.05, 0) is 35.8 Å². The van der Waals surface area contributed by atoms with Gasteiger partial charge in [0.05, 0.1) is 0 Å². The first kappa shape index (κ1) is 14.3. The van der Waals surface area contributed by atoms with Gasteiger partial charge < -0.3 is 0 Å². The summed E-state index contributed by atoms with van der Waals surface area (Å²) in [6, 6.07) is 9.04. The summed E-state index contributed by atoms with van der Waals surface area (Å²) in [4.78, 5) is 0. The van der Waals surface area contributed by atoms with Crippen molar-refractivity contribution in [3.05, 3.63) is 35.4 Å². The van der Waals surface area contributed by atoms with Gasteiger partial charge >= 0.3 is 0 Å². The zero-order chi connectivity index (χ0) is 12.7. The molecule has 0 aliphatic carbocycles. The maximum absolute atomic E-state index is 2.39. The quantitative estimate of drug-likeness (QED) is 0.576. The van der Waals surface area contributed by atoms with Crippen LogP contribution in [-0.2, 0) is 6.42 Å². The lowest BCUT2D eigenvalue weighted by Gasteiger charge is -2.22. The number of aryl methyl sites for hydroxylation is 1. The van der Waals surface area contributed by atoms with Crippen molar-refractivity contribution in [3.63, 3.8) is 0 Å². The van der Waals surface area contributed by atoms with E-state index in [4.69, 9.17) is 0 Å². The molecule has 1 aromatic carbocycles. The minimum Gasteiger partial charge on any atom is -0.0654 e. The Labute approximate surface area is 107 Å². The molecule has 0 aliphatic rings. The van der Waals surface area contributed by atoms with Crippen LogP contribution in [0.15, 0.2) is 24.3 Å². The van der Waals surface area contributed by atoms with Crippen LogP contribution in [0.5, 0.6) is 0 Å². The standard InChI is InChI=1S/C17H28/c1-5-7-11-16-12-8-9-13-17(16)15(4)14(3)10-6-2/h8-9,12-15H,5-7,10-11H2,1-4H3. The summed E-state index contributed by atoms with van der Waals surface area (Å²) in [7, 11) is 0. The Kier molecular flexibility index (Phi) is 6.32. The minimum absolute atomic E-state index is 0.697. The van der Waals surface area contributed by atoms with E-state index in [0.717, 1.165) is 5.92 Å². The molecular formula is C17H28. The fourth-order valence-electron chi connectivity index (χ4n) is 2.59. The van der Waals surface area contributed by atoms with Crippen LogP contribution >= 0.6 is 0 Å². The average molecular weight is 232 g/mol. The first-order chi connectivity index (χ1) is 8.20. The summed E-state index contributed by atoms with van der Waals surface area (Å²) in [6.07, 6.45) is 6.47. The zero-order valence-corrected chi connectivity index (χ0v) is 12.0. The van der Waals surface area contributed by atoms with Crippen LogP contribution in [0.4, 0.5) is 0 Å². The molecule has 0 nitrogen and oxygen atoms in total. The van der Waals surface area contributed by atoms with Gasteiger partial charge in [0.2, 0.25) is 0 Å². The van der Waals surface area contributed by atoms with Gasteiger partial charge in [-0.1, -0.05) is 71.2 Å². The van der Waals surface area contributed by atoms with Crippen LogP contribution in [0.2, 0.25) is 0 Å². The Morgan fingerprint density at radius 1 is 1.00 bits per heavy atom. The average Bonchev–Trinajstić information content (AvgIpc) is 2.36. The van der Waals surface area contributed by atoms with Gasteiger partial charge in [0.15, 0.2) is 0 Å². The molecule has 0 amide bonds. The van der Waals surface area contributed by atoms with Crippen LogP contribution in [0.3, 0.4) is 0 Å². The summed E-state index contributed by atoms with van der Waals surface area (Å²) in [5, 5.41) is 0. The highest BCUT2D eigenvalue weighted by molar-refractivity contribution is 5.30. The van der Waals surface area contributed by atoms with Gasteiger partial charge in [0, 0.05) is 0 Å². The Balaban J connectivity index is 2.80. The fraction of sp³-hybridized carbons (Fsp3) is 0.647. The lowest BCUT2D eigenvalue weighted by molar-refractivity contribution is 0.445. The highest BCUT2D eigenvalue weighted by Gasteiger charge is 2.15. The molecular weight excluding hydrogens is 204 g/mol. The summed E-state index contributed by atoms with van der Waals surface area (Å²) in [5.74, 6) is 1.49. The third-order valence-electron chi connectivity index (χ3n) is 3.94. The molecule has 0 heterocycles. The van der Waals surface area contributed by atoms with Gasteiger partial charge in [0.1, 0.15) is 0 Å². The molecule has 0 spiro atoms. The van der Waals surface area contributed by atoms with E-state index in [1.807, 2.05) is 0 Å². The monoisotopic (exact) mass is 232 g/mol. The Morgan fingerprint density at radius 2 is 1.71 bits per heavy atom. The SMILES string of the molecule is CCCCc1ccccc1C(C)C(C)CCC. The van der Waals surface area contributed by atoms with E-state index in [2.05, 4.69) is 52.0 Å². The molecule has 96 valence electrons. The van der Waals surface area contributed by atoms with E-state index in [-0.39, 0.29) is 0 Å². The normalized spacial score (nSPS) is 14.6. The fourth-order valence-corrected chi connectivity index (χ4v) is 2.59. The van der Waals surface area contributed by atoms with Crippen molar-refractivity contribution >= 4 is 0 Å². The molecule has 0 fully saturated rings. The Bertz CT molecular complexity index is 314. The predicted molar refractivity (Wildman–Crippen MR) is 77.5 cm³/mol. The summed E-state index contributed by atoms with van der Waals surface area (Å²) >= 11 is 0. The van der Waals surface area contributed by atoms with E-state index in [9.17, 15) is 0 Å². The number of unbranched alkanes of at least 4 members (excludes halogenated alkanes) is 1. The molecule has 2 atom stereocenters. The Hall–Kier alpha value is -0.780. The summed E-state index contributed by atoms with van der Waals surface area (Å²) in [6.45, 7) is 9.34. The smallest absolute Gasteiger partial charge is 0.0162 e. The number of hydrogen-bond donors (Lipinski definition) is 0. The lowest BCUT2D eigenvalue weighted by atomic mass is 9.83. The predicted octanol–water partition coefficient (Wildman–Crippen LogP) is 5.57. The molecule has 0 saturated heterocycles. The number of benzene rings is 1. The van der Waals surface area contributed by atoms with Gasteiger partial charge in [-0.25, -0.2) is 0 Å². The Morgan fingerprint density at radius 3 is 2.35 bits per heavy atom. The maximum Gasteiger partial charge on any atom is -0.0162 e. The maximum atomic E-state index is 2.39. The number of rotatable bonds is 7. The summed E-state index contributed by atoms with van der Waals surface area (Å²) in [5.41, 5.74) is 3.16. The molecule has 0 N–H and O–H groups in total. The van der Waals surface area contributed by atoms with Crippen molar-refractivity contribution in [2.75, 3.05) is 0 Å². The highest BCUT2D eigenvalue weighted by Crippen LogP contribution is 2.30. The van der Waals surface area contributed by atoms with Gasteiger partial charge in [0.25, 0.3) is 0 Å². The molecule has 1 rings (SSSR count). The molecule has 0 heteroatoms. The third-order valence-corrected chi connectivity index (χ3v) is 3.94. The van der Waals surface area contributed by atoms with E-state index in [0.29, 0.717) is 5.92 Å². The molecule has 1 aromatic rings. The first-order valence-electron chi connectivity index (χ1n) is 7.28. The molecule has 0 saturated carbocycles. The second-order valence-corrected chi connectivity index (χ2v) is 5.36.